The lowest BCUT2D eigenvalue weighted by atomic mass is 10.3. The van der Waals surface area contributed by atoms with Crippen LogP contribution in [0.2, 0.25) is 0 Å². The highest BCUT2D eigenvalue weighted by Crippen LogP contribution is 2.09. The van der Waals surface area contributed by atoms with Crippen LogP contribution in [0.4, 0.5) is 5.82 Å². The molecule has 0 atom stereocenters. The van der Waals surface area contributed by atoms with Crippen molar-refractivity contribution in [1.29, 1.82) is 0 Å². The Morgan fingerprint density at radius 2 is 2.50 bits per heavy atom. The maximum Gasteiger partial charge on any atom is 0.341 e. The summed E-state index contributed by atoms with van der Waals surface area (Å²) in [5.41, 5.74) is 5.26. The predicted octanol–water partition coefficient (Wildman–Crippen LogP) is -0.638. The van der Waals surface area contributed by atoms with Gasteiger partial charge in [0.05, 0.1) is 12.7 Å². The molecule has 0 aromatic carbocycles. The van der Waals surface area contributed by atoms with Crippen molar-refractivity contribution >= 4 is 18.1 Å². The summed E-state index contributed by atoms with van der Waals surface area (Å²) >= 11 is 0. The third-order valence-electron chi connectivity index (χ3n) is 1.36. The fourth-order valence-electron chi connectivity index (χ4n) is 0.776. The van der Waals surface area contributed by atoms with Crippen molar-refractivity contribution in [2.45, 2.75) is 6.54 Å². The van der Waals surface area contributed by atoms with E-state index >= 15 is 0 Å². The van der Waals surface area contributed by atoms with Crippen molar-refractivity contribution in [3.05, 3.63) is 11.8 Å². The summed E-state index contributed by atoms with van der Waals surface area (Å²) in [6, 6.07) is 0. The van der Waals surface area contributed by atoms with Gasteiger partial charge in [-0.2, -0.15) is 5.10 Å². The second kappa shape index (κ2) is 3.04. The van der Waals surface area contributed by atoms with Gasteiger partial charge in [0.25, 0.3) is 0 Å². The zero-order valence-electron chi connectivity index (χ0n) is 6.10. The highest BCUT2D eigenvalue weighted by molar-refractivity contribution is 5.92. The quantitative estimate of drug-likeness (QED) is 0.586. The first-order chi connectivity index (χ1) is 5.66. The van der Waals surface area contributed by atoms with Gasteiger partial charge in [0.15, 0.2) is 0 Å². The number of nitrogens with two attached hydrogens (primary N) is 1. The Balaban J connectivity index is 3.03. The van der Waals surface area contributed by atoms with Gasteiger partial charge >= 0.3 is 5.97 Å². The summed E-state index contributed by atoms with van der Waals surface area (Å²) in [6.07, 6.45) is 1.70. The van der Waals surface area contributed by atoms with Crippen LogP contribution in [-0.4, -0.2) is 27.1 Å². The molecule has 0 spiro atoms. The van der Waals surface area contributed by atoms with E-state index in [4.69, 9.17) is 10.8 Å². The Morgan fingerprint density at radius 1 is 1.83 bits per heavy atom. The molecule has 6 heteroatoms. The Hall–Kier alpha value is -1.85. The molecule has 1 heterocycles. The van der Waals surface area contributed by atoms with Crippen molar-refractivity contribution in [2.75, 3.05) is 5.73 Å². The van der Waals surface area contributed by atoms with Crippen LogP contribution in [0.5, 0.6) is 0 Å². The maximum absolute atomic E-state index is 10.4. The van der Waals surface area contributed by atoms with Crippen molar-refractivity contribution in [3.63, 3.8) is 0 Å². The standard InChI is InChI=1S/C6H7N3O3/c7-5-4(6(11)12)3-8-9(5)1-2-10/h2-3H,1,7H2,(H,11,12). The number of aldehydes is 1. The molecule has 0 unspecified atom stereocenters. The monoisotopic (exact) mass is 169 g/mol. The number of hydrogen-bond donors (Lipinski definition) is 2. The van der Waals surface area contributed by atoms with E-state index in [9.17, 15) is 9.59 Å². The molecule has 0 amide bonds. The van der Waals surface area contributed by atoms with Gasteiger partial charge in [0.2, 0.25) is 0 Å². The van der Waals surface area contributed by atoms with Gasteiger partial charge in [-0.25, -0.2) is 9.48 Å². The van der Waals surface area contributed by atoms with Crippen LogP contribution in [0.1, 0.15) is 10.4 Å². The summed E-state index contributed by atoms with van der Waals surface area (Å²) in [7, 11) is 0. The van der Waals surface area contributed by atoms with E-state index in [0.29, 0.717) is 6.29 Å². The topological polar surface area (TPSA) is 98.2 Å². The van der Waals surface area contributed by atoms with E-state index < -0.39 is 5.97 Å². The maximum atomic E-state index is 10.4. The van der Waals surface area contributed by atoms with Crippen LogP contribution in [0, 0.1) is 0 Å². The third kappa shape index (κ3) is 1.26. The number of carbonyl (C=O) groups excluding carboxylic acids is 1. The molecule has 0 aliphatic heterocycles. The number of rotatable bonds is 3. The fourth-order valence-corrected chi connectivity index (χ4v) is 0.776. The first kappa shape index (κ1) is 8.25. The van der Waals surface area contributed by atoms with Crippen LogP contribution in [0.3, 0.4) is 0 Å². The molecule has 0 fully saturated rings. The Kier molecular flexibility index (Phi) is 2.09. The van der Waals surface area contributed by atoms with Gasteiger partial charge in [0, 0.05) is 0 Å². The van der Waals surface area contributed by atoms with Gasteiger partial charge in [-0.05, 0) is 0 Å². The minimum Gasteiger partial charge on any atom is -0.477 e. The lowest BCUT2D eigenvalue weighted by molar-refractivity contribution is -0.108. The van der Waals surface area contributed by atoms with Crippen molar-refractivity contribution in [3.8, 4) is 0 Å². The Labute approximate surface area is 67.6 Å². The molecule has 3 N–H and O–H groups in total. The molecule has 0 saturated heterocycles. The zero-order valence-corrected chi connectivity index (χ0v) is 6.10. The summed E-state index contributed by atoms with van der Waals surface area (Å²) in [5.74, 6) is -1.15. The molecule has 0 aliphatic rings. The smallest absolute Gasteiger partial charge is 0.341 e. The fraction of sp³-hybridized carbons (Fsp3) is 0.167. The molecule has 1 aromatic heterocycles. The van der Waals surface area contributed by atoms with Gasteiger partial charge < -0.3 is 15.6 Å². The SMILES string of the molecule is Nc1c(C(=O)O)cnn1CC=O. The van der Waals surface area contributed by atoms with Gasteiger partial charge in [-0.1, -0.05) is 0 Å². The number of nitrogen functional groups attached to an aromatic ring is 1. The van der Waals surface area contributed by atoms with Crippen LogP contribution >= 0.6 is 0 Å². The molecular formula is C6H7N3O3. The molecular weight excluding hydrogens is 162 g/mol. The second-order valence-corrected chi connectivity index (χ2v) is 2.10. The van der Waals surface area contributed by atoms with Gasteiger partial charge in [-0.15, -0.1) is 0 Å². The van der Waals surface area contributed by atoms with E-state index in [1.807, 2.05) is 0 Å². The number of nitrogens with zero attached hydrogens (tertiary/aromatic N) is 2. The van der Waals surface area contributed by atoms with Crippen LogP contribution < -0.4 is 5.73 Å². The normalized spacial score (nSPS) is 9.67. The highest BCUT2D eigenvalue weighted by atomic mass is 16.4. The summed E-state index contributed by atoms with van der Waals surface area (Å²) < 4.78 is 1.12. The van der Waals surface area contributed by atoms with Gasteiger partial charge in [0.1, 0.15) is 17.7 Å². The lowest BCUT2D eigenvalue weighted by Gasteiger charge is -1.96. The zero-order chi connectivity index (χ0) is 9.14. The minimum atomic E-state index is -1.15. The summed E-state index contributed by atoms with van der Waals surface area (Å²) in [6.45, 7) is -0.0287. The lowest BCUT2D eigenvalue weighted by Crippen LogP contribution is -2.07. The number of carboxylic acid groups (broad SMARTS) is 1. The molecule has 12 heavy (non-hydrogen) atoms. The van der Waals surface area contributed by atoms with E-state index in [1.165, 1.54) is 0 Å². The largest absolute Gasteiger partial charge is 0.477 e. The minimum absolute atomic E-state index is 0.00500. The van der Waals surface area contributed by atoms with Crippen molar-refractivity contribution in [1.82, 2.24) is 9.78 Å². The molecule has 1 rings (SSSR count). The second-order valence-electron chi connectivity index (χ2n) is 2.10. The van der Waals surface area contributed by atoms with E-state index in [0.717, 1.165) is 10.9 Å². The summed E-state index contributed by atoms with van der Waals surface area (Å²) in [4.78, 5) is 20.5. The molecule has 64 valence electrons. The number of carboxylic acids is 1. The predicted molar refractivity (Wildman–Crippen MR) is 39.7 cm³/mol. The molecule has 6 nitrogen and oxygen atoms in total. The number of hydrogen-bond acceptors (Lipinski definition) is 4. The van der Waals surface area contributed by atoms with Crippen LogP contribution in [0.15, 0.2) is 6.20 Å². The molecule has 1 aromatic rings. The van der Waals surface area contributed by atoms with Crippen molar-refractivity contribution in [2.24, 2.45) is 0 Å². The Morgan fingerprint density at radius 3 is 2.92 bits per heavy atom. The first-order valence-electron chi connectivity index (χ1n) is 3.15. The van der Waals surface area contributed by atoms with Gasteiger partial charge in [-0.3, -0.25) is 0 Å². The molecule has 0 radical (unpaired) electrons. The van der Waals surface area contributed by atoms with Crippen molar-refractivity contribution < 1.29 is 14.7 Å². The number of carbonyl (C=O) groups is 2. The third-order valence-corrected chi connectivity index (χ3v) is 1.36. The van der Waals surface area contributed by atoms with Crippen LogP contribution in [0.25, 0.3) is 0 Å². The highest BCUT2D eigenvalue weighted by Gasteiger charge is 2.12. The number of aromatic nitrogens is 2. The molecule has 0 aliphatic carbocycles. The molecule has 0 bridgehead atoms. The van der Waals surface area contributed by atoms with E-state index in [-0.39, 0.29) is 17.9 Å². The Bertz CT molecular complexity index is 318. The molecule has 0 saturated carbocycles. The first-order valence-corrected chi connectivity index (χ1v) is 3.15. The summed E-state index contributed by atoms with van der Waals surface area (Å²) in [5, 5.41) is 12.1. The average Bonchev–Trinajstić information content (AvgIpc) is 2.34. The number of aromatic carboxylic acids is 1. The van der Waals surface area contributed by atoms with E-state index in [1.54, 1.807) is 0 Å². The van der Waals surface area contributed by atoms with Crippen LogP contribution in [-0.2, 0) is 11.3 Å². The number of anilines is 1. The average molecular weight is 169 g/mol. The van der Waals surface area contributed by atoms with E-state index in [2.05, 4.69) is 5.10 Å².